The molecular formula is C13H19N3OS. The Morgan fingerprint density at radius 3 is 2.72 bits per heavy atom. The monoisotopic (exact) mass is 265 g/mol. The van der Waals surface area contributed by atoms with Crippen LogP contribution < -0.4 is 10.7 Å². The lowest BCUT2D eigenvalue weighted by Gasteiger charge is -2.09. The predicted molar refractivity (Wildman–Crippen MR) is 80.0 cm³/mol. The summed E-state index contributed by atoms with van der Waals surface area (Å²) >= 11 is 5.06. The molecule has 0 aliphatic rings. The van der Waals surface area contributed by atoms with Crippen LogP contribution in [0.2, 0.25) is 0 Å². The maximum atomic E-state index is 5.35. The van der Waals surface area contributed by atoms with Gasteiger partial charge >= 0.3 is 0 Å². The molecule has 1 rings (SSSR count). The summed E-state index contributed by atoms with van der Waals surface area (Å²) in [4.78, 5) is 0. The number of anilines is 1. The average molecular weight is 265 g/mol. The number of hydrogen-bond acceptors (Lipinski definition) is 4. The van der Waals surface area contributed by atoms with Gasteiger partial charge in [-0.25, -0.2) is 0 Å². The molecule has 2 N–H and O–H groups in total. The summed E-state index contributed by atoms with van der Waals surface area (Å²) in [6, 6.07) is 9.70. The van der Waals surface area contributed by atoms with Gasteiger partial charge in [-0.1, -0.05) is 25.1 Å². The molecule has 0 aromatic heterocycles. The summed E-state index contributed by atoms with van der Waals surface area (Å²) in [5, 5.41) is 7.52. The molecule has 0 saturated carbocycles. The van der Waals surface area contributed by atoms with Crippen LogP contribution in [-0.2, 0) is 4.74 Å². The number of benzene rings is 1. The Balaban J connectivity index is 2.15. The number of hydrogen-bond donors (Lipinski definition) is 2. The molecule has 98 valence electrons. The molecule has 1 aromatic rings. The Hall–Kier alpha value is -1.62. The molecule has 5 heteroatoms. The summed E-state index contributed by atoms with van der Waals surface area (Å²) in [7, 11) is 0. The highest BCUT2D eigenvalue weighted by atomic mass is 32.1. The van der Waals surface area contributed by atoms with Crippen LogP contribution in [-0.4, -0.2) is 24.0 Å². The van der Waals surface area contributed by atoms with E-state index >= 15 is 0 Å². The molecule has 0 atom stereocenters. The first-order chi connectivity index (χ1) is 8.72. The second-order valence-corrected chi connectivity index (χ2v) is 4.11. The van der Waals surface area contributed by atoms with E-state index < -0.39 is 0 Å². The third-order valence-corrected chi connectivity index (χ3v) is 2.47. The van der Waals surface area contributed by atoms with E-state index in [4.69, 9.17) is 17.0 Å². The van der Waals surface area contributed by atoms with Gasteiger partial charge in [-0.2, -0.15) is 5.10 Å². The highest BCUT2D eigenvalue weighted by Gasteiger charge is 1.97. The molecular weight excluding hydrogens is 246 g/mol. The number of hydrazone groups is 1. The summed E-state index contributed by atoms with van der Waals surface area (Å²) in [5.41, 5.74) is 4.93. The van der Waals surface area contributed by atoms with Crippen molar-refractivity contribution >= 4 is 28.8 Å². The Kier molecular flexibility index (Phi) is 6.79. The van der Waals surface area contributed by atoms with Gasteiger partial charge in [0.15, 0.2) is 0 Å². The number of thiocarbonyl (C=S) groups is 1. The Labute approximate surface area is 113 Å². The van der Waals surface area contributed by atoms with E-state index in [1.807, 2.05) is 37.3 Å². The first kappa shape index (κ1) is 14.4. The fraction of sp³-hybridized carbons (Fsp3) is 0.385. The van der Waals surface area contributed by atoms with Crippen molar-refractivity contribution in [3.05, 3.63) is 30.3 Å². The minimum absolute atomic E-state index is 0.374. The van der Waals surface area contributed by atoms with Crippen LogP contribution in [0.5, 0.6) is 0 Å². The third-order valence-electron chi connectivity index (χ3n) is 2.25. The van der Waals surface area contributed by atoms with Crippen molar-refractivity contribution in [1.82, 2.24) is 5.43 Å². The number of nitrogens with zero attached hydrogens (tertiary/aromatic N) is 1. The first-order valence-electron chi connectivity index (χ1n) is 5.97. The standard InChI is InChI=1S/C13H19N3OS/c1-3-11(2)16-14-9-10-17-13(18)15-12-7-5-4-6-8-12/h4-8,14H,3,9-10H2,1-2H3,(H,15,18)/b16-11-. The molecule has 0 heterocycles. The minimum Gasteiger partial charge on any atom is -0.469 e. The molecule has 0 bridgehead atoms. The van der Waals surface area contributed by atoms with Crippen molar-refractivity contribution < 1.29 is 4.74 Å². The van der Waals surface area contributed by atoms with Gasteiger partial charge in [0.1, 0.15) is 6.61 Å². The molecule has 0 amide bonds. The Morgan fingerprint density at radius 2 is 2.06 bits per heavy atom. The highest BCUT2D eigenvalue weighted by Crippen LogP contribution is 2.05. The Bertz CT molecular complexity index is 392. The van der Waals surface area contributed by atoms with E-state index in [1.54, 1.807) is 0 Å². The summed E-state index contributed by atoms with van der Waals surface area (Å²) in [6.45, 7) is 5.17. The first-order valence-corrected chi connectivity index (χ1v) is 6.38. The molecule has 0 aliphatic heterocycles. The fourth-order valence-electron chi connectivity index (χ4n) is 1.13. The van der Waals surface area contributed by atoms with Gasteiger partial charge in [0.25, 0.3) is 5.17 Å². The van der Waals surface area contributed by atoms with Crippen LogP contribution in [0.25, 0.3) is 0 Å². The van der Waals surface area contributed by atoms with Crippen molar-refractivity contribution in [2.45, 2.75) is 20.3 Å². The predicted octanol–water partition coefficient (Wildman–Crippen LogP) is 2.78. The van der Waals surface area contributed by atoms with Crippen molar-refractivity contribution in [2.24, 2.45) is 5.10 Å². The molecule has 0 unspecified atom stereocenters. The van der Waals surface area contributed by atoms with Gasteiger partial charge in [-0.15, -0.1) is 0 Å². The van der Waals surface area contributed by atoms with E-state index in [0.29, 0.717) is 18.3 Å². The van der Waals surface area contributed by atoms with Gasteiger partial charge in [0.2, 0.25) is 0 Å². The quantitative estimate of drug-likeness (QED) is 0.359. The van der Waals surface area contributed by atoms with Crippen LogP contribution in [0.1, 0.15) is 20.3 Å². The summed E-state index contributed by atoms with van der Waals surface area (Å²) in [5.74, 6) is 0. The summed E-state index contributed by atoms with van der Waals surface area (Å²) in [6.07, 6.45) is 0.946. The highest BCUT2D eigenvalue weighted by molar-refractivity contribution is 7.80. The van der Waals surface area contributed by atoms with Crippen molar-refractivity contribution in [1.29, 1.82) is 0 Å². The van der Waals surface area contributed by atoms with E-state index in [9.17, 15) is 0 Å². The molecule has 0 saturated heterocycles. The third kappa shape index (κ3) is 6.20. The van der Waals surface area contributed by atoms with Crippen LogP contribution in [0, 0.1) is 0 Å². The van der Waals surface area contributed by atoms with Crippen LogP contribution >= 0.6 is 12.2 Å². The maximum absolute atomic E-state index is 5.35. The molecule has 0 spiro atoms. The van der Waals surface area contributed by atoms with Gasteiger partial charge in [-0.05, 0) is 37.7 Å². The molecule has 4 nitrogen and oxygen atoms in total. The molecule has 0 radical (unpaired) electrons. The van der Waals surface area contributed by atoms with Crippen LogP contribution in [0.3, 0.4) is 0 Å². The van der Waals surface area contributed by atoms with E-state index in [-0.39, 0.29) is 0 Å². The Morgan fingerprint density at radius 1 is 1.33 bits per heavy atom. The second-order valence-electron chi connectivity index (χ2n) is 3.74. The lowest BCUT2D eigenvalue weighted by atomic mass is 10.3. The number of para-hydroxylation sites is 1. The maximum Gasteiger partial charge on any atom is 0.261 e. The van der Waals surface area contributed by atoms with E-state index in [2.05, 4.69) is 22.8 Å². The summed E-state index contributed by atoms with van der Waals surface area (Å²) < 4.78 is 5.35. The lowest BCUT2D eigenvalue weighted by molar-refractivity contribution is 0.310. The van der Waals surface area contributed by atoms with Gasteiger partial charge in [0.05, 0.1) is 6.54 Å². The molecule has 0 fully saturated rings. The zero-order chi connectivity index (χ0) is 13.2. The van der Waals surface area contributed by atoms with Gasteiger partial charge < -0.3 is 15.5 Å². The van der Waals surface area contributed by atoms with Crippen molar-refractivity contribution in [3.63, 3.8) is 0 Å². The average Bonchev–Trinajstić information content (AvgIpc) is 2.39. The van der Waals surface area contributed by atoms with E-state index in [1.165, 1.54) is 0 Å². The minimum atomic E-state index is 0.374. The fourth-order valence-corrected chi connectivity index (χ4v) is 1.34. The van der Waals surface area contributed by atoms with Crippen molar-refractivity contribution in [3.8, 4) is 0 Å². The van der Waals surface area contributed by atoms with Crippen molar-refractivity contribution in [2.75, 3.05) is 18.5 Å². The number of ether oxygens (including phenoxy) is 1. The molecule has 0 aliphatic carbocycles. The number of nitrogens with one attached hydrogen (secondary N) is 2. The SMILES string of the molecule is CC/C(C)=N\NCCOC(=S)Nc1ccccc1. The zero-order valence-electron chi connectivity index (χ0n) is 10.8. The van der Waals surface area contributed by atoms with Gasteiger partial charge in [-0.3, -0.25) is 0 Å². The number of rotatable bonds is 6. The smallest absolute Gasteiger partial charge is 0.261 e. The topological polar surface area (TPSA) is 45.7 Å². The van der Waals surface area contributed by atoms with Gasteiger partial charge in [0, 0.05) is 11.4 Å². The molecule has 1 aromatic carbocycles. The zero-order valence-corrected chi connectivity index (χ0v) is 11.6. The normalized spacial score (nSPS) is 10.9. The second kappa shape index (κ2) is 8.47. The lowest BCUT2D eigenvalue weighted by Crippen LogP contribution is -2.20. The largest absolute Gasteiger partial charge is 0.469 e. The van der Waals surface area contributed by atoms with Crippen LogP contribution in [0.4, 0.5) is 5.69 Å². The van der Waals surface area contributed by atoms with Crippen LogP contribution in [0.15, 0.2) is 35.4 Å². The van der Waals surface area contributed by atoms with E-state index in [0.717, 1.165) is 17.8 Å². The molecule has 18 heavy (non-hydrogen) atoms.